The lowest BCUT2D eigenvalue weighted by atomic mass is 9.89. The lowest BCUT2D eigenvalue weighted by Gasteiger charge is -2.17. The topological polar surface area (TPSA) is 130 Å². The van der Waals surface area contributed by atoms with Crippen LogP contribution in [0, 0.1) is 17.2 Å². The van der Waals surface area contributed by atoms with Crippen molar-refractivity contribution in [1.29, 1.82) is 5.26 Å². The molecule has 0 saturated carbocycles. The van der Waals surface area contributed by atoms with Gasteiger partial charge in [-0.1, -0.05) is 37.3 Å². The maximum atomic E-state index is 13.6. The minimum atomic E-state index is -0.540. The number of fused-ring (bicyclic) bond motifs is 1. The molecule has 246 valence electrons. The van der Waals surface area contributed by atoms with E-state index in [0.29, 0.717) is 44.8 Å². The van der Waals surface area contributed by atoms with Crippen LogP contribution in [0.5, 0.6) is 11.5 Å². The summed E-state index contributed by atoms with van der Waals surface area (Å²) in [6, 6.07) is 23.2. The van der Waals surface area contributed by atoms with Gasteiger partial charge in [0.15, 0.2) is 11.5 Å². The first-order chi connectivity index (χ1) is 23.2. The third-order valence-corrected chi connectivity index (χ3v) is 10.1. The van der Waals surface area contributed by atoms with E-state index in [2.05, 4.69) is 28.9 Å². The number of nitrogens with one attached hydrogen (secondary N) is 3. The van der Waals surface area contributed by atoms with Crippen LogP contribution in [0.15, 0.2) is 83.4 Å². The molecule has 2 unspecified atom stereocenters. The zero-order chi connectivity index (χ0) is 34.2. The summed E-state index contributed by atoms with van der Waals surface area (Å²) in [7, 11) is 3.05. The Balaban J connectivity index is 1.31. The zero-order valence-electron chi connectivity index (χ0n) is 27.1. The van der Waals surface area contributed by atoms with Crippen LogP contribution >= 0.6 is 23.1 Å². The first-order valence-electron chi connectivity index (χ1n) is 15.4. The maximum absolute atomic E-state index is 13.6. The molecule has 1 aliphatic rings. The minimum absolute atomic E-state index is 0.0169. The summed E-state index contributed by atoms with van der Waals surface area (Å²) in [5, 5.41) is 18.6. The van der Waals surface area contributed by atoms with Gasteiger partial charge in [-0.05, 0) is 91.8 Å². The van der Waals surface area contributed by atoms with Gasteiger partial charge in [0.25, 0.3) is 11.8 Å². The number of benzene rings is 3. The van der Waals surface area contributed by atoms with Gasteiger partial charge in [-0.15, -0.1) is 23.1 Å². The highest BCUT2D eigenvalue weighted by Crippen LogP contribution is 2.39. The van der Waals surface area contributed by atoms with Crippen LogP contribution in [0.4, 0.5) is 10.7 Å². The molecule has 2 atom stereocenters. The van der Waals surface area contributed by atoms with Crippen molar-refractivity contribution in [2.45, 2.75) is 43.3 Å². The number of thioether (sulfide) groups is 1. The highest BCUT2D eigenvalue weighted by molar-refractivity contribution is 8.00. The van der Waals surface area contributed by atoms with E-state index in [4.69, 9.17) is 9.47 Å². The van der Waals surface area contributed by atoms with Crippen LogP contribution in [-0.4, -0.2) is 37.2 Å². The molecular weight excluding hydrogens is 645 g/mol. The molecule has 11 heteroatoms. The molecule has 4 aromatic rings. The van der Waals surface area contributed by atoms with E-state index in [0.717, 1.165) is 29.7 Å². The van der Waals surface area contributed by atoms with E-state index in [1.165, 1.54) is 42.2 Å². The zero-order valence-corrected chi connectivity index (χ0v) is 28.7. The van der Waals surface area contributed by atoms with Crippen molar-refractivity contribution in [3.8, 4) is 17.6 Å². The number of anilines is 2. The molecule has 9 nitrogen and oxygen atoms in total. The van der Waals surface area contributed by atoms with Gasteiger partial charge in [-0.2, -0.15) is 5.26 Å². The van der Waals surface area contributed by atoms with Crippen molar-refractivity contribution < 1.29 is 23.9 Å². The van der Waals surface area contributed by atoms with Crippen LogP contribution in [0.2, 0.25) is 0 Å². The van der Waals surface area contributed by atoms with Crippen molar-refractivity contribution in [2.75, 3.05) is 24.9 Å². The fourth-order valence-electron chi connectivity index (χ4n) is 5.33. The molecule has 0 saturated heterocycles. The van der Waals surface area contributed by atoms with Gasteiger partial charge < -0.3 is 25.4 Å². The second kappa shape index (κ2) is 15.7. The first kappa shape index (κ1) is 34.3. The summed E-state index contributed by atoms with van der Waals surface area (Å²) in [5.74, 6) is 0.373. The van der Waals surface area contributed by atoms with Gasteiger partial charge in [0.05, 0.1) is 25.0 Å². The molecule has 0 spiro atoms. The number of hydrogen-bond acceptors (Lipinski definition) is 8. The highest BCUT2D eigenvalue weighted by atomic mass is 32.2. The van der Waals surface area contributed by atoms with E-state index >= 15 is 0 Å². The number of carbonyl (C=O) groups excluding carboxylic acids is 3. The molecule has 3 amide bonds. The van der Waals surface area contributed by atoms with Crippen molar-refractivity contribution in [1.82, 2.24) is 5.32 Å². The summed E-state index contributed by atoms with van der Waals surface area (Å²) in [4.78, 5) is 41.9. The number of methoxy groups -OCH3 is 2. The number of rotatable bonds is 11. The quantitative estimate of drug-likeness (QED) is 0.112. The number of nitriles is 1. The van der Waals surface area contributed by atoms with E-state index in [9.17, 15) is 19.6 Å². The molecule has 1 aliphatic carbocycles. The van der Waals surface area contributed by atoms with Crippen LogP contribution in [0.25, 0.3) is 6.08 Å². The van der Waals surface area contributed by atoms with Crippen molar-refractivity contribution in [2.24, 2.45) is 5.92 Å². The standard InChI is InChI=1S/C37H36N4O5S2/c1-22-13-15-28-29(21-38)37(48-33(28)17-22)41-34(42)23(2)47-27-12-8-11-26(20-27)39-36(44)30(40-35(43)25-9-6-5-7-10-25)18-24-14-16-31(45-3)32(19-24)46-4/h5-12,14,16,18-20,22-23H,13,15,17H2,1-4H3,(H,39,44)(H,40,43)(H,41,42)/b30-18+. The largest absolute Gasteiger partial charge is 0.493 e. The second-order valence-electron chi connectivity index (χ2n) is 11.4. The predicted molar refractivity (Wildman–Crippen MR) is 191 cm³/mol. The van der Waals surface area contributed by atoms with Gasteiger partial charge in [0, 0.05) is 21.0 Å². The molecule has 3 aromatic carbocycles. The maximum Gasteiger partial charge on any atom is 0.272 e. The number of ether oxygens (including phenoxy) is 2. The summed E-state index contributed by atoms with van der Waals surface area (Å²) < 4.78 is 10.7. The highest BCUT2D eigenvalue weighted by Gasteiger charge is 2.26. The smallest absolute Gasteiger partial charge is 0.272 e. The Bertz CT molecular complexity index is 1900. The van der Waals surface area contributed by atoms with E-state index in [1.807, 2.05) is 6.07 Å². The Morgan fingerprint density at radius 1 is 1.00 bits per heavy atom. The normalized spacial score (nSPS) is 14.6. The number of nitrogens with zero attached hydrogens (tertiary/aromatic N) is 1. The van der Waals surface area contributed by atoms with Gasteiger partial charge in [-0.3, -0.25) is 14.4 Å². The molecule has 5 rings (SSSR count). The Hall–Kier alpha value is -5.05. The SMILES string of the molecule is COc1ccc(/C=C(/NC(=O)c2ccccc2)C(=O)Nc2cccc(SC(C)C(=O)Nc3sc4c(c3C#N)CCC(C)C4)c2)cc1OC. The Kier molecular flexibility index (Phi) is 11.2. The average molecular weight is 681 g/mol. The van der Waals surface area contributed by atoms with E-state index in [1.54, 1.807) is 79.7 Å². The molecule has 1 heterocycles. The third-order valence-electron chi connectivity index (χ3n) is 7.88. The fourth-order valence-corrected chi connectivity index (χ4v) is 7.62. The number of thiophene rings is 1. The number of hydrogen-bond donors (Lipinski definition) is 3. The molecule has 3 N–H and O–H groups in total. The summed E-state index contributed by atoms with van der Waals surface area (Å²) in [6.45, 7) is 4.01. The molecule has 48 heavy (non-hydrogen) atoms. The lowest BCUT2D eigenvalue weighted by Crippen LogP contribution is -2.30. The van der Waals surface area contributed by atoms with Crippen molar-refractivity contribution >= 4 is 57.6 Å². The van der Waals surface area contributed by atoms with Crippen molar-refractivity contribution in [3.63, 3.8) is 0 Å². The fraction of sp³-hybridized carbons (Fsp3) is 0.243. The summed E-state index contributed by atoms with van der Waals surface area (Å²) >= 11 is 2.84. The molecule has 1 aromatic heterocycles. The van der Waals surface area contributed by atoms with Crippen LogP contribution in [0.1, 0.15) is 52.2 Å². The molecule has 0 bridgehead atoms. The Morgan fingerprint density at radius 2 is 1.77 bits per heavy atom. The predicted octanol–water partition coefficient (Wildman–Crippen LogP) is 7.29. The minimum Gasteiger partial charge on any atom is -0.493 e. The molecule has 0 fully saturated rings. The second-order valence-corrected chi connectivity index (χ2v) is 13.9. The van der Waals surface area contributed by atoms with Crippen molar-refractivity contribution in [3.05, 3.63) is 106 Å². The summed E-state index contributed by atoms with van der Waals surface area (Å²) in [6.07, 6.45) is 4.38. The third kappa shape index (κ3) is 8.26. The van der Waals surface area contributed by atoms with Gasteiger partial charge in [-0.25, -0.2) is 0 Å². The Labute approximate surface area is 288 Å². The molecule has 0 radical (unpaired) electrons. The van der Waals surface area contributed by atoms with Gasteiger partial charge >= 0.3 is 0 Å². The molecule has 0 aliphatic heterocycles. The number of amides is 3. The van der Waals surface area contributed by atoms with Gasteiger partial charge in [0.1, 0.15) is 16.8 Å². The number of carbonyl (C=O) groups is 3. The van der Waals surface area contributed by atoms with Crippen LogP contribution < -0.4 is 25.4 Å². The van der Waals surface area contributed by atoms with E-state index < -0.39 is 17.1 Å². The van der Waals surface area contributed by atoms with Crippen LogP contribution in [0.3, 0.4) is 0 Å². The summed E-state index contributed by atoms with van der Waals surface area (Å²) in [5.41, 5.74) is 3.15. The average Bonchev–Trinajstić information content (AvgIpc) is 3.43. The first-order valence-corrected chi connectivity index (χ1v) is 17.1. The lowest BCUT2D eigenvalue weighted by molar-refractivity contribution is -0.115. The Morgan fingerprint density at radius 3 is 2.50 bits per heavy atom. The van der Waals surface area contributed by atoms with Gasteiger partial charge in [0.2, 0.25) is 5.91 Å². The van der Waals surface area contributed by atoms with Crippen LogP contribution in [-0.2, 0) is 22.4 Å². The molecular formula is C37H36N4O5S2. The monoisotopic (exact) mass is 680 g/mol. The van der Waals surface area contributed by atoms with E-state index in [-0.39, 0.29) is 11.6 Å².